The zero-order chi connectivity index (χ0) is 19.6. The Balaban J connectivity index is 1.77. The van der Waals surface area contributed by atoms with Crippen molar-refractivity contribution in [1.82, 2.24) is 14.7 Å². The van der Waals surface area contributed by atoms with Crippen LogP contribution >= 0.6 is 11.6 Å². The maximum atomic E-state index is 14.0. The smallest absolute Gasteiger partial charge is 0.253 e. The Bertz CT molecular complexity index is 963. The van der Waals surface area contributed by atoms with Crippen LogP contribution in [0.5, 0.6) is 0 Å². The molecule has 0 bridgehead atoms. The third-order valence-corrected chi connectivity index (χ3v) is 4.77. The largest absolute Gasteiger partial charge is 0.337 e. The van der Waals surface area contributed by atoms with Gasteiger partial charge in [-0.05, 0) is 49.7 Å². The molecular weight excluding hydrogens is 365 g/mol. The van der Waals surface area contributed by atoms with Crippen LogP contribution in [0.4, 0.5) is 4.39 Å². The van der Waals surface area contributed by atoms with Crippen molar-refractivity contribution in [2.45, 2.75) is 26.9 Å². The van der Waals surface area contributed by atoms with E-state index in [0.717, 1.165) is 17.0 Å². The van der Waals surface area contributed by atoms with Gasteiger partial charge in [0, 0.05) is 35.4 Å². The van der Waals surface area contributed by atoms with E-state index in [9.17, 15) is 9.18 Å². The maximum Gasteiger partial charge on any atom is 0.253 e. The van der Waals surface area contributed by atoms with E-state index in [2.05, 4.69) is 5.10 Å². The Morgan fingerprint density at radius 2 is 1.93 bits per heavy atom. The highest BCUT2D eigenvalue weighted by Gasteiger charge is 2.16. The molecule has 0 unspecified atom stereocenters. The van der Waals surface area contributed by atoms with E-state index in [4.69, 9.17) is 11.6 Å². The van der Waals surface area contributed by atoms with Crippen LogP contribution in [0.25, 0.3) is 0 Å². The first-order chi connectivity index (χ1) is 12.8. The van der Waals surface area contributed by atoms with E-state index in [1.807, 2.05) is 42.8 Å². The molecule has 0 atom stereocenters. The van der Waals surface area contributed by atoms with Crippen molar-refractivity contribution >= 4 is 17.5 Å². The van der Waals surface area contributed by atoms with Gasteiger partial charge in [0.15, 0.2) is 0 Å². The molecule has 4 nitrogen and oxygen atoms in total. The molecule has 6 heteroatoms. The number of hydrogen-bond acceptors (Lipinski definition) is 2. The van der Waals surface area contributed by atoms with Gasteiger partial charge in [-0.3, -0.25) is 9.48 Å². The van der Waals surface area contributed by atoms with Crippen molar-refractivity contribution in [2.24, 2.45) is 0 Å². The fourth-order valence-electron chi connectivity index (χ4n) is 3.02. The minimum Gasteiger partial charge on any atom is -0.337 e. The molecule has 0 spiro atoms. The predicted molar refractivity (Wildman–Crippen MR) is 104 cm³/mol. The lowest BCUT2D eigenvalue weighted by molar-refractivity contribution is 0.0784. The molecule has 0 fully saturated rings. The monoisotopic (exact) mass is 385 g/mol. The summed E-state index contributed by atoms with van der Waals surface area (Å²) in [5, 5.41) is 4.77. The summed E-state index contributed by atoms with van der Waals surface area (Å²) >= 11 is 6.07. The van der Waals surface area contributed by atoms with Gasteiger partial charge in [-0.15, -0.1) is 0 Å². The molecular formula is C21H21ClFN3O. The number of rotatable bonds is 5. The van der Waals surface area contributed by atoms with Gasteiger partial charge in [0.05, 0.1) is 12.2 Å². The van der Waals surface area contributed by atoms with E-state index in [0.29, 0.717) is 22.7 Å². The minimum absolute atomic E-state index is 0.103. The molecule has 27 heavy (non-hydrogen) atoms. The summed E-state index contributed by atoms with van der Waals surface area (Å²) in [6.45, 7) is 4.64. The molecule has 0 saturated carbocycles. The van der Waals surface area contributed by atoms with Crippen molar-refractivity contribution in [3.63, 3.8) is 0 Å². The molecule has 0 aliphatic heterocycles. The lowest BCUT2D eigenvalue weighted by Crippen LogP contribution is -2.27. The van der Waals surface area contributed by atoms with Gasteiger partial charge >= 0.3 is 0 Å². The van der Waals surface area contributed by atoms with Crippen LogP contribution in [0, 0.1) is 19.7 Å². The molecule has 1 aromatic heterocycles. The van der Waals surface area contributed by atoms with Crippen LogP contribution in [0.2, 0.25) is 5.02 Å². The van der Waals surface area contributed by atoms with Crippen LogP contribution in [0.15, 0.2) is 48.5 Å². The molecule has 0 radical (unpaired) electrons. The SMILES string of the molecule is Cc1cc(C)n(Cc2cccc(C(=O)N(C)Cc3c(F)cccc3Cl)c2)n1. The third-order valence-electron chi connectivity index (χ3n) is 4.41. The van der Waals surface area contributed by atoms with E-state index in [1.165, 1.54) is 11.0 Å². The summed E-state index contributed by atoms with van der Waals surface area (Å²) in [6, 6.07) is 13.9. The summed E-state index contributed by atoms with van der Waals surface area (Å²) in [4.78, 5) is 14.3. The van der Waals surface area contributed by atoms with E-state index >= 15 is 0 Å². The normalized spacial score (nSPS) is 10.9. The Labute approximate surface area is 163 Å². The van der Waals surface area contributed by atoms with Crippen LogP contribution in [0.3, 0.4) is 0 Å². The Hall–Kier alpha value is -2.66. The van der Waals surface area contributed by atoms with Crippen LogP contribution in [-0.2, 0) is 13.1 Å². The van der Waals surface area contributed by atoms with Gasteiger partial charge in [0.1, 0.15) is 5.82 Å². The highest BCUT2D eigenvalue weighted by atomic mass is 35.5. The van der Waals surface area contributed by atoms with Crippen molar-refractivity contribution in [3.8, 4) is 0 Å². The van der Waals surface area contributed by atoms with Gasteiger partial charge < -0.3 is 4.90 Å². The minimum atomic E-state index is -0.416. The Kier molecular flexibility index (Phi) is 5.61. The topological polar surface area (TPSA) is 38.1 Å². The highest BCUT2D eigenvalue weighted by Crippen LogP contribution is 2.21. The fourth-order valence-corrected chi connectivity index (χ4v) is 3.25. The van der Waals surface area contributed by atoms with Gasteiger partial charge in [-0.2, -0.15) is 5.10 Å². The summed E-state index contributed by atoms with van der Waals surface area (Å²) < 4.78 is 15.9. The number of aryl methyl sites for hydroxylation is 2. The molecule has 0 aliphatic rings. The first-order valence-electron chi connectivity index (χ1n) is 8.63. The number of halogens is 2. The first kappa shape index (κ1) is 19.1. The number of benzene rings is 2. The van der Waals surface area contributed by atoms with Crippen LogP contribution < -0.4 is 0 Å². The first-order valence-corrected chi connectivity index (χ1v) is 9.01. The second-order valence-electron chi connectivity index (χ2n) is 6.65. The molecule has 1 heterocycles. The second-order valence-corrected chi connectivity index (χ2v) is 7.05. The number of amides is 1. The lowest BCUT2D eigenvalue weighted by Gasteiger charge is -2.19. The fraction of sp³-hybridized carbons (Fsp3) is 0.238. The van der Waals surface area contributed by atoms with E-state index < -0.39 is 5.82 Å². The van der Waals surface area contributed by atoms with Crippen molar-refractivity contribution in [3.05, 3.63) is 87.4 Å². The third kappa shape index (κ3) is 4.37. The summed E-state index contributed by atoms with van der Waals surface area (Å²) in [5.74, 6) is -0.607. The molecule has 0 N–H and O–H groups in total. The molecule has 2 aromatic carbocycles. The van der Waals surface area contributed by atoms with Crippen LogP contribution in [0.1, 0.15) is 32.9 Å². The van der Waals surface area contributed by atoms with E-state index in [1.54, 1.807) is 25.2 Å². The number of nitrogens with zero attached hydrogens (tertiary/aromatic N) is 3. The molecule has 1 amide bonds. The predicted octanol–water partition coefficient (Wildman–Crippen LogP) is 4.61. The molecule has 0 saturated heterocycles. The quantitative estimate of drug-likeness (QED) is 0.643. The van der Waals surface area contributed by atoms with Crippen molar-refractivity contribution < 1.29 is 9.18 Å². The van der Waals surface area contributed by atoms with E-state index in [-0.39, 0.29) is 12.5 Å². The highest BCUT2D eigenvalue weighted by molar-refractivity contribution is 6.31. The van der Waals surface area contributed by atoms with Gasteiger partial charge in [-0.25, -0.2) is 4.39 Å². The zero-order valence-corrected chi connectivity index (χ0v) is 16.3. The van der Waals surface area contributed by atoms with Gasteiger partial charge in [0.25, 0.3) is 5.91 Å². The number of aromatic nitrogens is 2. The molecule has 0 aliphatic carbocycles. The molecule has 3 aromatic rings. The van der Waals surface area contributed by atoms with Crippen molar-refractivity contribution in [1.29, 1.82) is 0 Å². The molecule has 3 rings (SSSR count). The van der Waals surface area contributed by atoms with Gasteiger partial charge in [-0.1, -0.05) is 29.8 Å². The summed E-state index contributed by atoms with van der Waals surface area (Å²) in [5.41, 5.74) is 3.86. The lowest BCUT2D eigenvalue weighted by atomic mass is 10.1. The maximum absolute atomic E-state index is 14.0. The number of carbonyl (C=O) groups excluding carboxylic acids is 1. The molecule has 140 valence electrons. The Morgan fingerprint density at radius 3 is 2.59 bits per heavy atom. The average molecular weight is 386 g/mol. The zero-order valence-electron chi connectivity index (χ0n) is 15.5. The number of carbonyl (C=O) groups is 1. The van der Waals surface area contributed by atoms with Crippen LogP contribution in [-0.4, -0.2) is 27.6 Å². The summed E-state index contributed by atoms with van der Waals surface area (Å²) in [7, 11) is 1.64. The standard InChI is InChI=1S/C21H21ClFN3O/c1-14-10-15(2)26(24-14)12-16-6-4-7-17(11-16)21(27)25(3)13-18-19(22)8-5-9-20(18)23/h4-11H,12-13H2,1-3H3. The van der Waals surface area contributed by atoms with Gasteiger partial charge in [0.2, 0.25) is 0 Å². The summed E-state index contributed by atoms with van der Waals surface area (Å²) in [6.07, 6.45) is 0. The number of hydrogen-bond donors (Lipinski definition) is 0. The van der Waals surface area contributed by atoms with Crippen molar-refractivity contribution in [2.75, 3.05) is 7.05 Å². The second kappa shape index (κ2) is 7.92. The Morgan fingerprint density at radius 1 is 1.19 bits per heavy atom. The average Bonchev–Trinajstić information content (AvgIpc) is 2.94.